The summed E-state index contributed by atoms with van der Waals surface area (Å²) in [6.45, 7) is 1.06. The lowest BCUT2D eigenvalue weighted by Crippen LogP contribution is -2.19. The third-order valence-corrected chi connectivity index (χ3v) is 6.05. The van der Waals surface area contributed by atoms with Crippen LogP contribution in [0.2, 0.25) is 0 Å². The molecule has 0 fully saturated rings. The van der Waals surface area contributed by atoms with Crippen LogP contribution in [-0.4, -0.2) is 48.2 Å². The average Bonchev–Trinajstić information content (AvgIpc) is 2.73. The van der Waals surface area contributed by atoms with Gasteiger partial charge in [-0.3, -0.25) is 9.13 Å². The molecule has 1 aromatic rings. The van der Waals surface area contributed by atoms with Crippen molar-refractivity contribution in [3.8, 4) is 0 Å². The Morgan fingerprint density at radius 2 is 1.84 bits per heavy atom. The summed E-state index contributed by atoms with van der Waals surface area (Å²) in [6, 6.07) is 0. The molecule has 1 aromatic heterocycles. The number of imidazole rings is 1. The number of nitrogens with one attached hydrogen (secondary N) is 1. The number of aromatic nitrogens is 2. The summed E-state index contributed by atoms with van der Waals surface area (Å²) in [6.07, 6.45) is 3.15. The molecule has 0 aliphatic heterocycles. The molecule has 19 heavy (non-hydrogen) atoms. The van der Waals surface area contributed by atoms with Gasteiger partial charge in [0.15, 0.2) is 5.40 Å². The first kappa shape index (κ1) is 16.5. The van der Waals surface area contributed by atoms with Gasteiger partial charge in [0.25, 0.3) is 0 Å². The van der Waals surface area contributed by atoms with Gasteiger partial charge in [0, 0.05) is 18.3 Å². The molecule has 0 aliphatic rings. The molecular formula is C8H16N2O7P2. The van der Waals surface area contributed by atoms with E-state index in [2.05, 4.69) is 9.97 Å². The van der Waals surface area contributed by atoms with Gasteiger partial charge in [-0.2, -0.15) is 0 Å². The number of hydrogen-bond acceptors (Lipinski definition) is 4. The number of rotatable bonds is 7. The van der Waals surface area contributed by atoms with E-state index in [0.717, 1.165) is 0 Å². The first-order chi connectivity index (χ1) is 8.62. The first-order valence-corrected chi connectivity index (χ1v) is 8.66. The van der Waals surface area contributed by atoms with Crippen molar-refractivity contribution >= 4 is 15.2 Å². The van der Waals surface area contributed by atoms with Crippen LogP contribution in [0.1, 0.15) is 18.7 Å². The molecule has 0 saturated carbocycles. The molecule has 1 rings (SSSR count). The molecule has 1 heterocycles. The van der Waals surface area contributed by atoms with Gasteiger partial charge in [0.2, 0.25) is 0 Å². The normalized spacial score (nSPS) is 14.8. The smallest absolute Gasteiger partial charge is 0.343 e. The Hall–Kier alpha value is -0.530. The fourth-order valence-electron chi connectivity index (χ4n) is 1.37. The Bertz CT molecular complexity index is 457. The Kier molecular flexibility index (Phi) is 5.46. The lowest BCUT2D eigenvalue weighted by atomic mass is 10.2. The van der Waals surface area contributed by atoms with E-state index in [1.165, 1.54) is 0 Å². The van der Waals surface area contributed by atoms with Crippen molar-refractivity contribution in [3.05, 3.63) is 18.2 Å². The monoisotopic (exact) mass is 314 g/mol. The minimum Gasteiger partial charge on any atom is -0.379 e. The average molecular weight is 314 g/mol. The highest BCUT2D eigenvalue weighted by atomic mass is 31.2. The predicted octanol–water partition coefficient (Wildman–Crippen LogP) is 0.211. The second-order valence-electron chi connectivity index (χ2n) is 4.07. The quantitative estimate of drug-likeness (QED) is 0.448. The van der Waals surface area contributed by atoms with Crippen LogP contribution >= 0.6 is 15.2 Å². The molecule has 1 atom stereocenters. The zero-order chi connectivity index (χ0) is 14.7. The standard InChI is InChI=1S/C8H16N2O7P2/c1-6(8-9-2-3-10-8)4-17-5-7(18(11,12)13)19(14,15)16/h2-3,6-7H,4-5H2,1H3,(H,9,10)(H2,11,12,13)(H2,14,15,16). The minimum absolute atomic E-state index is 0.0318. The Morgan fingerprint density at radius 1 is 1.26 bits per heavy atom. The maximum Gasteiger partial charge on any atom is 0.343 e. The number of ether oxygens (including phenoxy) is 1. The van der Waals surface area contributed by atoms with Gasteiger partial charge in [0.1, 0.15) is 5.82 Å². The summed E-state index contributed by atoms with van der Waals surface area (Å²) in [5.41, 5.74) is 0. The van der Waals surface area contributed by atoms with Crippen LogP contribution in [0.3, 0.4) is 0 Å². The van der Waals surface area contributed by atoms with Gasteiger partial charge in [-0.15, -0.1) is 0 Å². The molecule has 5 N–H and O–H groups in total. The lowest BCUT2D eigenvalue weighted by Gasteiger charge is -2.20. The van der Waals surface area contributed by atoms with Crippen LogP contribution in [0.5, 0.6) is 0 Å². The summed E-state index contributed by atoms with van der Waals surface area (Å²) >= 11 is 0. The number of H-pyrrole nitrogens is 1. The maximum atomic E-state index is 11.0. The SMILES string of the molecule is CC(COCC(P(=O)(O)O)P(=O)(O)O)c1ncc[nH]1. The van der Waals surface area contributed by atoms with E-state index in [9.17, 15) is 9.13 Å². The fraction of sp³-hybridized carbons (Fsp3) is 0.625. The highest BCUT2D eigenvalue weighted by molar-refractivity contribution is 7.70. The van der Waals surface area contributed by atoms with Crippen LogP contribution in [0.25, 0.3) is 0 Å². The third-order valence-electron chi connectivity index (χ3n) is 2.40. The van der Waals surface area contributed by atoms with Crippen molar-refractivity contribution in [2.75, 3.05) is 13.2 Å². The topological polar surface area (TPSA) is 153 Å². The van der Waals surface area contributed by atoms with Crippen LogP contribution < -0.4 is 0 Å². The lowest BCUT2D eigenvalue weighted by molar-refractivity contribution is 0.123. The Morgan fingerprint density at radius 3 is 2.26 bits per heavy atom. The molecule has 110 valence electrons. The van der Waals surface area contributed by atoms with E-state index >= 15 is 0 Å². The Labute approximate surface area is 109 Å². The summed E-state index contributed by atoms with van der Waals surface area (Å²) in [5, 5.41) is -2.14. The highest BCUT2D eigenvalue weighted by Crippen LogP contribution is 2.59. The minimum atomic E-state index is -4.93. The second kappa shape index (κ2) is 6.28. The third kappa shape index (κ3) is 5.16. The van der Waals surface area contributed by atoms with Crippen molar-refractivity contribution in [2.45, 2.75) is 18.2 Å². The molecule has 11 heteroatoms. The van der Waals surface area contributed by atoms with E-state index in [1.807, 2.05) is 0 Å². The highest BCUT2D eigenvalue weighted by Gasteiger charge is 2.43. The molecule has 0 amide bonds. The van der Waals surface area contributed by atoms with Crippen molar-refractivity contribution in [3.63, 3.8) is 0 Å². The second-order valence-corrected chi connectivity index (χ2v) is 8.08. The van der Waals surface area contributed by atoms with Crippen LogP contribution in [0.4, 0.5) is 0 Å². The molecule has 0 spiro atoms. The van der Waals surface area contributed by atoms with E-state index in [-0.39, 0.29) is 12.5 Å². The van der Waals surface area contributed by atoms with E-state index in [1.54, 1.807) is 19.3 Å². The molecule has 1 unspecified atom stereocenters. The van der Waals surface area contributed by atoms with Gasteiger partial charge < -0.3 is 29.3 Å². The fourth-order valence-corrected chi connectivity index (χ4v) is 3.53. The zero-order valence-electron chi connectivity index (χ0n) is 10.1. The molecule has 0 aromatic carbocycles. The molecular weight excluding hydrogens is 298 g/mol. The van der Waals surface area contributed by atoms with E-state index in [4.69, 9.17) is 24.3 Å². The molecule has 0 bridgehead atoms. The van der Waals surface area contributed by atoms with Gasteiger partial charge in [-0.25, -0.2) is 4.98 Å². The van der Waals surface area contributed by atoms with E-state index < -0.39 is 27.2 Å². The van der Waals surface area contributed by atoms with Gasteiger partial charge in [-0.05, 0) is 0 Å². The van der Waals surface area contributed by atoms with E-state index in [0.29, 0.717) is 5.82 Å². The summed E-state index contributed by atoms with van der Waals surface area (Å²) in [7, 11) is -9.86. The molecule has 9 nitrogen and oxygen atoms in total. The number of nitrogens with zero attached hydrogens (tertiary/aromatic N) is 1. The largest absolute Gasteiger partial charge is 0.379 e. The zero-order valence-corrected chi connectivity index (χ0v) is 11.9. The summed E-state index contributed by atoms with van der Waals surface area (Å²) in [4.78, 5) is 42.3. The van der Waals surface area contributed by atoms with Gasteiger partial charge in [0.05, 0.1) is 13.2 Å². The molecule has 0 radical (unpaired) electrons. The molecule has 0 saturated heterocycles. The maximum absolute atomic E-state index is 11.0. The van der Waals surface area contributed by atoms with Crippen molar-refractivity contribution < 1.29 is 33.4 Å². The van der Waals surface area contributed by atoms with Crippen molar-refractivity contribution in [1.82, 2.24) is 9.97 Å². The number of aromatic amines is 1. The van der Waals surface area contributed by atoms with Crippen molar-refractivity contribution in [2.24, 2.45) is 0 Å². The van der Waals surface area contributed by atoms with Crippen LogP contribution in [0.15, 0.2) is 12.4 Å². The summed E-state index contributed by atoms with van der Waals surface area (Å²) < 4.78 is 27.0. The van der Waals surface area contributed by atoms with Crippen LogP contribution in [-0.2, 0) is 13.9 Å². The van der Waals surface area contributed by atoms with Crippen LogP contribution in [0, 0.1) is 0 Å². The predicted molar refractivity (Wildman–Crippen MR) is 65.7 cm³/mol. The number of hydrogen-bond donors (Lipinski definition) is 5. The van der Waals surface area contributed by atoms with Gasteiger partial charge in [-0.1, -0.05) is 6.92 Å². The Balaban J connectivity index is 2.55. The summed E-state index contributed by atoms with van der Waals surface area (Å²) in [5.74, 6) is 0.424. The van der Waals surface area contributed by atoms with Crippen molar-refractivity contribution in [1.29, 1.82) is 0 Å². The van der Waals surface area contributed by atoms with Gasteiger partial charge >= 0.3 is 15.2 Å². The first-order valence-electron chi connectivity index (χ1n) is 5.30. The molecule has 0 aliphatic carbocycles.